The van der Waals surface area contributed by atoms with Gasteiger partial charge in [-0.15, -0.1) is 0 Å². The molecule has 0 amide bonds. The summed E-state index contributed by atoms with van der Waals surface area (Å²) in [5.41, 5.74) is -1.72. The number of carbonyl (C=O) groups is 3. The Bertz CT molecular complexity index is 1560. The molecule has 40 heavy (non-hydrogen) atoms. The molecule has 0 saturated heterocycles. The molecule has 0 aliphatic heterocycles. The fraction of sp³-hybridized carbons (Fsp3) is 0.382. The van der Waals surface area contributed by atoms with E-state index < -0.39 is 45.5 Å². The number of hydrogen-bond donors (Lipinski definition) is 3. The number of carbonyl (C=O) groups excluding carboxylic acids is 3. The molecule has 2 aromatic carbocycles. The van der Waals surface area contributed by atoms with E-state index in [9.17, 15) is 29.7 Å². The van der Waals surface area contributed by atoms with Gasteiger partial charge in [0, 0.05) is 16.4 Å². The second kappa shape index (κ2) is 9.13. The zero-order valence-electron chi connectivity index (χ0n) is 23.8. The van der Waals surface area contributed by atoms with E-state index in [1.165, 1.54) is 13.0 Å². The third kappa shape index (κ3) is 3.62. The number of fused-ring (bicyclic) bond motifs is 3. The van der Waals surface area contributed by atoms with Crippen molar-refractivity contribution in [3.05, 3.63) is 81.4 Å². The number of phenolic OH excluding ortho intramolecular Hbond substituents is 1. The first-order chi connectivity index (χ1) is 18.7. The number of aliphatic hydroxyl groups is 2. The Kier molecular flexibility index (Phi) is 6.34. The Morgan fingerprint density at radius 2 is 1.65 bits per heavy atom. The summed E-state index contributed by atoms with van der Waals surface area (Å²) < 4.78 is 0. The van der Waals surface area contributed by atoms with Crippen molar-refractivity contribution in [2.24, 2.45) is 22.7 Å². The number of phenols is 1. The average molecular weight is 541 g/mol. The first kappa shape index (κ1) is 27.8. The Morgan fingerprint density at radius 3 is 2.25 bits per heavy atom. The molecule has 3 aliphatic rings. The lowest BCUT2D eigenvalue weighted by atomic mass is 9.42. The zero-order chi connectivity index (χ0) is 29.4. The molecule has 208 valence electrons. The van der Waals surface area contributed by atoms with Crippen molar-refractivity contribution >= 4 is 35.3 Å². The number of Topliss-reactive ketones (excluding diaryl/α,β-unsaturated/α-hetero) is 3. The second-order valence-electron chi connectivity index (χ2n) is 12.5. The maximum atomic E-state index is 14.4. The standard InChI is InChI=1S/C34H36O6/c1-18(2)27-19(3)25(20(4)35)30(38)34(40)31(39)28-29(37)26-23(16-32(28,5)17-33(27,34)6)22(14-15-24(26)36)13-12-21-10-8-7-9-11-21/h7-15,18,27,36-37,40H,16-17H2,1-6H3/b13-12+/t27-,32+,33+,34-/m1/s1. The highest BCUT2D eigenvalue weighted by Gasteiger charge is 2.71. The highest BCUT2D eigenvalue weighted by atomic mass is 16.3. The van der Waals surface area contributed by atoms with Gasteiger partial charge in [-0.2, -0.15) is 0 Å². The smallest absolute Gasteiger partial charge is 0.206 e. The molecule has 3 aliphatic carbocycles. The molecular formula is C34H36O6. The van der Waals surface area contributed by atoms with Gasteiger partial charge >= 0.3 is 0 Å². The monoisotopic (exact) mass is 540 g/mol. The molecule has 0 spiro atoms. The predicted molar refractivity (Wildman–Crippen MR) is 154 cm³/mol. The predicted octanol–water partition coefficient (Wildman–Crippen LogP) is 5.86. The summed E-state index contributed by atoms with van der Waals surface area (Å²) in [7, 11) is 0. The Hall–Kier alpha value is -3.77. The molecule has 5 rings (SSSR count). The van der Waals surface area contributed by atoms with E-state index in [0.717, 1.165) is 11.1 Å². The summed E-state index contributed by atoms with van der Waals surface area (Å²) in [6, 6.07) is 13.0. The second-order valence-corrected chi connectivity index (χ2v) is 12.5. The fourth-order valence-electron chi connectivity index (χ4n) is 8.18. The van der Waals surface area contributed by atoms with E-state index >= 15 is 0 Å². The van der Waals surface area contributed by atoms with Crippen molar-refractivity contribution in [3.63, 3.8) is 0 Å². The van der Waals surface area contributed by atoms with Gasteiger partial charge in [0.05, 0.1) is 11.1 Å². The van der Waals surface area contributed by atoms with Crippen molar-refractivity contribution in [2.45, 2.75) is 60.0 Å². The molecule has 0 aromatic heterocycles. The quantitative estimate of drug-likeness (QED) is 0.254. The Balaban J connectivity index is 1.75. The van der Waals surface area contributed by atoms with E-state index in [1.54, 1.807) is 19.9 Å². The summed E-state index contributed by atoms with van der Waals surface area (Å²) in [4.78, 5) is 40.9. The van der Waals surface area contributed by atoms with Crippen LogP contribution in [0.5, 0.6) is 5.75 Å². The zero-order valence-corrected chi connectivity index (χ0v) is 23.8. The maximum Gasteiger partial charge on any atom is 0.206 e. The molecule has 0 heterocycles. The van der Waals surface area contributed by atoms with Crippen LogP contribution in [0, 0.1) is 22.7 Å². The lowest BCUT2D eigenvalue weighted by Crippen LogP contribution is -2.70. The van der Waals surface area contributed by atoms with Crippen molar-refractivity contribution in [1.82, 2.24) is 0 Å². The molecular weight excluding hydrogens is 504 g/mol. The van der Waals surface area contributed by atoms with Gasteiger partial charge in [0.2, 0.25) is 11.6 Å². The molecule has 0 radical (unpaired) electrons. The number of hydrogen-bond acceptors (Lipinski definition) is 6. The van der Waals surface area contributed by atoms with Gasteiger partial charge in [0.15, 0.2) is 11.4 Å². The van der Waals surface area contributed by atoms with Crippen LogP contribution in [0.1, 0.15) is 70.2 Å². The molecule has 6 heteroatoms. The number of benzene rings is 2. The number of ketones is 3. The van der Waals surface area contributed by atoms with Crippen molar-refractivity contribution in [2.75, 3.05) is 0 Å². The SMILES string of the molecule is CC(=O)C1=C(C)[C@@H](C(C)C)[C@]2(C)C[C@]3(C)Cc4c(/C=C/c5ccccc5)ccc(O)c4C(O)=C3C(=O)[C@]2(O)C1=O. The van der Waals surface area contributed by atoms with Gasteiger partial charge in [0.25, 0.3) is 0 Å². The first-order valence-corrected chi connectivity index (χ1v) is 13.7. The molecule has 6 nitrogen and oxygen atoms in total. The maximum absolute atomic E-state index is 14.4. The van der Waals surface area contributed by atoms with Crippen LogP contribution in [0.25, 0.3) is 17.9 Å². The summed E-state index contributed by atoms with van der Waals surface area (Å²) in [6.45, 7) is 10.6. The highest BCUT2D eigenvalue weighted by molar-refractivity contribution is 6.33. The van der Waals surface area contributed by atoms with Crippen LogP contribution in [-0.4, -0.2) is 38.3 Å². The normalized spacial score (nSPS) is 30.1. The van der Waals surface area contributed by atoms with Crippen LogP contribution < -0.4 is 0 Å². The molecule has 2 aromatic rings. The minimum absolute atomic E-state index is 0.0715. The van der Waals surface area contributed by atoms with Gasteiger partial charge in [-0.05, 0) is 61.3 Å². The fourth-order valence-corrected chi connectivity index (χ4v) is 8.18. The summed E-state index contributed by atoms with van der Waals surface area (Å²) in [6.07, 6.45) is 4.40. The van der Waals surface area contributed by atoms with Gasteiger partial charge < -0.3 is 15.3 Å². The van der Waals surface area contributed by atoms with E-state index in [2.05, 4.69) is 0 Å². The van der Waals surface area contributed by atoms with Crippen LogP contribution >= 0.6 is 0 Å². The summed E-state index contributed by atoms with van der Waals surface area (Å²) >= 11 is 0. The van der Waals surface area contributed by atoms with Gasteiger partial charge in [-0.25, -0.2) is 0 Å². The molecule has 1 fully saturated rings. The first-order valence-electron chi connectivity index (χ1n) is 13.7. The summed E-state index contributed by atoms with van der Waals surface area (Å²) in [5.74, 6) is -3.43. The molecule has 0 bridgehead atoms. The van der Waals surface area contributed by atoms with Crippen LogP contribution in [0.2, 0.25) is 0 Å². The highest BCUT2D eigenvalue weighted by Crippen LogP contribution is 2.65. The number of aromatic hydroxyl groups is 1. The lowest BCUT2D eigenvalue weighted by Gasteiger charge is -2.60. The van der Waals surface area contributed by atoms with Crippen LogP contribution in [0.4, 0.5) is 0 Å². The number of rotatable bonds is 4. The van der Waals surface area contributed by atoms with E-state index in [1.807, 2.05) is 63.3 Å². The molecule has 0 unspecified atom stereocenters. The Morgan fingerprint density at radius 1 is 1.00 bits per heavy atom. The van der Waals surface area contributed by atoms with E-state index in [4.69, 9.17) is 0 Å². The summed E-state index contributed by atoms with van der Waals surface area (Å²) in [5, 5.41) is 34.7. The van der Waals surface area contributed by atoms with E-state index in [0.29, 0.717) is 17.6 Å². The molecule has 4 atom stereocenters. The van der Waals surface area contributed by atoms with Crippen molar-refractivity contribution < 1.29 is 29.7 Å². The van der Waals surface area contributed by atoms with Gasteiger partial charge in [-0.1, -0.05) is 81.8 Å². The van der Waals surface area contributed by atoms with Crippen LogP contribution in [0.3, 0.4) is 0 Å². The Labute approximate surface area is 234 Å². The van der Waals surface area contributed by atoms with Crippen molar-refractivity contribution in [1.29, 1.82) is 0 Å². The third-order valence-corrected chi connectivity index (χ3v) is 9.49. The van der Waals surface area contributed by atoms with Crippen LogP contribution in [-0.2, 0) is 20.8 Å². The largest absolute Gasteiger partial charge is 0.507 e. The van der Waals surface area contributed by atoms with Gasteiger partial charge in [-0.3, -0.25) is 14.4 Å². The molecule has 1 saturated carbocycles. The minimum atomic E-state index is -2.52. The van der Waals surface area contributed by atoms with E-state index in [-0.39, 0.29) is 34.8 Å². The number of allylic oxidation sites excluding steroid dienone is 1. The van der Waals surface area contributed by atoms with Gasteiger partial charge in [0.1, 0.15) is 11.5 Å². The topological polar surface area (TPSA) is 112 Å². The lowest BCUT2D eigenvalue weighted by molar-refractivity contribution is -0.180. The number of aliphatic hydroxyl groups excluding tert-OH is 1. The molecule has 3 N–H and O–H groups in total. The van der Waals surface area contributed by atoms with Crippen LogP contribution in [0.15, 0.2) is 59.2 Å². The average Bonchev–Trinajstić information content (AvgIpc) is 2.86. The van der Waals surface area contributed by atoms with Crippen molar-refractivity contribution in [3.8, 4) is 5.75 Å². The third-order valence-electron chi connectivity index (χ3n) is 9.49. The minimum Gasteiger partial charge on any atom is -0.507 e.